The van der Waals surface area contributed by atoms with E-state index in [9.17, 15) is 8.78 Å². The minimum Gasteiger partial charge on any atom is -0.492 e. The molecule has 0 atom stereocenters. The van der Waals surface area contributed by atoms with Gasteiger partial charge >= 0.3 is 0 Å². The second-order valence-electron chi connectivity index (χ2n) is 7.11. The molecule has 4 aromatic rings. The minimum absolute atomic E-state index is 0.228. The van der Waals surface area contributed by atoms with E-state index < -0.39 is 6.43 Å². The highest BCUT2D eigenvalue weighted by atomic mass is 19.3. The third-order valence-electron chi connectivity index (χ3n) is 4.97. The zero-order valence-corrected chi connectivity index (χ0v) is 17.6. The molecule has 0 unspecified atom stereocenters. The standard InChI is InChI=1S/C22H19F2N7O/c1-13-8-18(22(23)24)31(28-13)19-10-16(26-12-27-19)9-17-21(32-3)20(29-30(17)2)15-6-4-14(11-25)5-7-15/h4-8,10,12,22H,9H2,1-3H3. The second kappa shape index (κ2) is 8.55. The van der Waals surface area contributed by atoms with Crippen LogP contribution in [0.5, 0.6) is 5.75 Å². The number of nitriles is 1. The van der Waals surface area contributed by atoms with Crippen molar-refractivity contribution in [2.24, 2.45) is 7.05 Å². The maximum absolute atomic E-state index is 13.4. The normalized spacial score (nSPS) is 11.0. The molecule has 0 saturated carbocycles. The lowest BCUT2D eigenvalue weighted by molar-refractivity contribution is 0.142. The summed E-state index contributed by atoms with van der Waals surface area (Å²) in [4.78, 5) is 8.41. The average Bonchev–Trinajstić information content (AvgIpc) is 3.34. The van der Waals surface area contributed by atoms with Gasteiger partial charge in [0.15, 0.2) is 11.6 Å². The highest BCUT2D eigenvalue weighted by Crippen LogP contribution is 2.33. The van der Waals surface area contributed by atoms with Crippen LogP contribution >= 0.6 is 0 Å². The van der Waals surface area contributed by atoms with E-state index in [0.29, 0.717) is 34.8 Å². The summed E-state index contributed by atoms with van der Waals surface area (Å²) in [6.07, 6.45) is -1.02. The molecule has 3 aromatic heterocycles. The fourth-order valence-electron chi connectivity index (χ4n) is 3.47. The van der Waals surface area contributed by atoms with E-state index in [1.807, 2.05) is 12.1 Å². The summed E-state index contributed by atoms with van der Waals surface area (Å²) < 4.78 is 35.2. The Morgan fingerprint density at radius 2 is 1.88 bits per heavy atom. The molecule has 8 nitrogen and oxygen atoms in total. The van der Waals surface area contributed by atoms with E-state index >= 15 is 0 Å². The molecule has 1 aromatic carbocycles. The monoisotopic (exact) mass is 435 g/mol. The number of aryl methyl sites for hydroxylation is 2. The van der Waals surface area contributed by atoms with E-state index in [1.165, 1.54) is 12.4 Å². The van der Waals surface area contributed by atoms with Gasteiger partial charge in [-0.25, -0.2) is 23.4 Å². The van der Waals surface area contributed by atoms with Gasteiger partial charge in [-0.3, -0.25) is 4.68 Å². The fourth-order valence-corrected chi connectivity index (χ4v) is 3.47. The maximum Gasteiger partial charge on any atom is 0.280 e. The smallest absolute Gasteiger partial charge is 0.280 e. The van der Waals surface area contributed by atoms with Gasteiger partial charge < -0.3 is 4.74 Å². The predicted molar refractivity (Wildman–Crippen MR) is 112 cm³/mol. The molecule has 0 aliphatic rings. The first-order chi connectivity index (χ1) is 15.4. The van der Waals surface area contributed by atoms with Crippen LogP contribution in [-0.2, 0) is 13.5 Å². The number of nitrogens with zero attached hydrogens (tertiary/aromatic N) is 7. The van der Waals surface area contributed by atoms with Crippen LogP contribution in [0.3, 0.4) is 0 Å². The van der Waals surface area contributed by atoms with Gasteiger partial charge in [0.05, 0.1) is 35.8 Å². The molecule has 10 heteroatoms. The van der Waals surface area contributed by atoms with Crippen LogP contribution in [-0.4, -0.2) is 36.6 Å². The molecule has 0 fully saturated rings. The van der Waals surface area contributed by atoms with Crippen molar-refractivity contribution in [1.29, 1.82) is 5.26 Å². The second-order valence-corrected chi connectivity index (χ2v) is 7.11. The van der Waals surface area contributed by atoms with Crippen molar-refractivity contribution >= 4 is 0 Å². The molecular formula is C22H19F2N7O. The molecule has 0 N–H and O–H groups in total. The van der Waals surface area contributed by atoms with Gasteiger partial charge in [-0.05, 0) is 25.1 Å². The summed E-state index contributed by atoms with van der Waals surface area (Å²) in [7, 11) is 3.35. The molecule has 0 aliphatic heterocycles. The van der Waals surface area contributed by atoms with Crippen molar-refractivity contribution in [3.05, 3.63) is 71.1 Å². The largest absolute Gasteiger partial charge is 0.492 e. The van der Waals surface area contributed by atoms with Crippen LogP contribution in [0.15, 0.2) is 42.7 Å². The van der Waals surface area contributed by atoms with E-state index in [0.717, 1.165) is 15.9 Å². The Hall–Kier alpha value is -4.13. The highest BCUT2D eigenvalue weighted by molar-refractivity contribution is 5.68. The van der Waals surface area contributed by atoms with Crippen molar-refractivity contribution < 1.29 is 13.5 Å². The lowest BCUT2D eigenvalue weighted by Crippen LogP contribution is -2.08. The van der Waals surface area contributed by atoms with Crippen molar-refractivity contribution in [3.8, 4) is 28.9 Å². The number of halogens is 2. The molecule has 4 rings (SSSR count). The number of hydrogen-bond donors (Lipinski definition) is 0. The van der Waals surface area contributed by atoms with Gasteiger partial charge in [0, 0.05) is 25.1 Å². The number of methoxy groups -OCH3 is 1. The summed E-state index contributed by atoms with van der Waals surface area (Å²) >= 11 is 0. The average molecular weight is 435 g/mol. The summed E-state index contributed by atoms with van der Waals surface area (Å²) in [5, 5.41) is 17.7. The number of rotatable bonds is 6. The lowest BCUT2D eigenvalue weighted by atomic mass is 10.1. The van der Waals surface area contributed by atoms with E-state index in [2.05, 4.69) is 26.2 Å². The minimum atomic E-state index is -2.68. The van der Waals surface area contributed by atoms with Crippen molar-refractivity contribution in [2.75, 3.05) is 7.11 Å². The molecule has 0 bridgehead atoms. The first-order valence-corrected chi connectivity index (χ1v) is 9.67. The van der Waals surface area contributed by atoms with Gasteiger partial charge in [-0.2, -0.15) is 15.5 Å². The van der Waals surface area contributed by atoms with Gasteiger partial charge in [0.2, 0.25) is 0 Å². The summed E-state index contributed by atoms with van der Waals surface area (Å²) in [5.41, 5.74) is 3.58. The number of aromatic nitrogens is 6. The summed E-state index contributed by atoms with van der Waals surface area (Å²) in [6, 6.07) is 12.1. The first-order valence-electron chi connectivity index (χ1n) is 9.67. The van der Waals surface area contributed by atoms with Crippen molar-refractivity contribution in [2.45, 2.75) is 19.8 Å². The summed E-state index contributed by atoms with van der Waals surface area (Å²) in [5.74, 6) is 0.826. The quantitative estimate of drug-likeness (QED) is 0.458. The number of alkyl halides is 2. The van der Waals surface area contributed by atoms with Crippen LogP contribution in [0.25, 0.3) is 17.1 Å². The predicted octanol–water partition coefficient (Wildman–Crippen LogP) is 3.78. The van der Waals surface area contributed by atoms with Crippen LogP contribution in [0.4, 0.5) is 8.78 Å². The Labute approximate surface area is 182 Å². The zero-order valence-electron chi connectivity index (χ0n) is 17.6. The number of ether oxygens (including phenoxy) is 1. The first kappa shape index (κ1) is 21.1. The Bertz CT molecular complexity index is 1300. The Morgan fingerprint density at radius 1 is 1.12 bits per heavy atom. The van der Waals surface area contributed by atoms with Gasteiger partial charge in [-0.15, -0.1) is 0 Å². The van der Waals surface area contributed by atoms with Crippen molar-refractivity contribution in [1.82, 2.24) is 29.5 Å². The van der Waals surface area contributed by atoms with Crippen LogP contribution < -0.4 is 4.74 Å². The zero-order chi connectivity index (χ0) is 22.8. The molecule has 0 spiro atoms. The molecule has 162 valence electrons. The van der Waals surface area contributed by atoms with Gasteiger partial charge in [0.25, 0.3) is 6.43 Å². The topological polar surface area (TPSA) is 94.4 Å². The number of benzene rings is 1. The Kier molecular flexibility index (Phi) is 5.64. The third kappa shape index (κ3) is 3.92. The van der Waals surface area contributed by atoms with E-state index in [1.54, 1.807) is 44.0 Å². The van der Waals surface area contributed by atoms with Crippen molar-refractivity contribution in [3.63, 3.8) is 0 Å². The van der Waals surface area contributed by atoms with E-state index in [4.69, 9.17) is 10.00 Å². The molecule has 0 aliphatic carbocycles. The third-order valence-corrected chi connectivity index (χ3v) is 4.97. The molecule has 3 heterocycles. The maximum atomic E-state index is 13.4. The molecule has 0 saturated heterocycles. The fraction of sp³-hybridized carbons (Fsp3) is 0.227. The molecular weight excluding hydrogens is 416 g/mol. The number of hydrogen-bond acceptors (Lipinski definition) is 6. The van der Waals surface area contributed by atoms with Gasteiger partial charge in [0.1, 0.15) is 17.7 Å². The van der Waals surface area contributed by atoms with Crippen LogP contribution in [0.2, 0.25) is 0 Å². The Balaban J connectivity index is 1.70. The Morgan fingerprint density at radius 3 is 2.53 bits per heavy atom. The SMILES string of the molecule is COc1c(-c2ccc(C#N)cc2)nn(C)c1Cc1cc(-n2nc(C)cc2C(F)F)ncn1. The van der Waals surface area contributed by atoms with Gasteiger partial charge in [-0.1, -0.05) is 12.1 Å². The van der Waals surface area contributed by atoms with Crippen LogP contribution in [0, 0.1) is 18.3 Å². The molecule has 0 radical (unpaired) electrons. The molecule has 0 amide bonds. The van der Waals surface area contributed by atoms with Crippen LogP contribution in [0.1, 0.15) is 34.8 Å². The molecule has 32 heavy (non-hydrogen) atoms. The lowest BCUT2D eigenvalue weighted by Gasteiger charge is -2.09. The van der Waals surface area contributed by atoms with E-state index in [-0.39, 0.29) is 11.5 Å². The summed E-state index contributed by atoms with van der Waals surface area (Å²) in [6.45, 7) is 1.65. The highest BCUT2D eigenvalue weighted by Gasteiger charge is 2.21.